The van der Waals surface area contributed by atoms with Gasteiger partial charge in [0, 0.05) is 27.6 Å². The molecule has 15 rings (SSSR count). The van der Waals surface area contributed by atoms with Gasteiger partial charge in [-0.05, 0) is 149 Å². The summed E-state index contributed by atoms with van der Waals surface area (Å²) in [5.41, 5.74) is 24.3. The van der Waals surface area contributed by atoms with Crippen molar-refractivity contribution in [3.05, 3.63) is 306 Å². The number of hydrogen-bond donors (Lipinski definition) is 0. The lowest BCUT2D eigenvalue weighted by atomic mass is 9.67. The van der Waals surface area contributed by atoms with Gasteiger partial charge in [-0.1, -0.05) is 232 Å². The lowest BCUT2D eigenvalue weighted by Gasteiger charge is -2.34. The van der Waals surface area contributed by atoms with Crippen molar-refractivity contribution in [3.8, 4) is 55.6 Å². The second-order valence-electron chi connectivity index (χ2n) is 21.1. The first-order valence-electron chi connectivity index (χ1n) is 26.5. The molecule has 0 fully saturated rings. The van der Waals surface area contributed by atoms with Gasteiger partial charge in [0.1, 0.15) is 11.2 Å². The fraction of sp³-hybridized carbons (Fsp3) is 0.0541. The summed E-state index contributed by atoms with van der Waals surface area (Å²) in [6, 6.07) is 101. The van der Waals surface area contributed by atoms with Crippen molar-refractivity contribution in [2.45, 2.75) is 24.7 Å². The Hall–Kier alpha value is -9.50. The zero-order chi connectivity index (χ0) is 50.5. The highest BCUT2D eigenvalue weighted by Gasteiger charge is 2.46. The molecule has 0 saturated carbocycles. The summed E-state index contributed by atoms with van der Waals surface area (Å²) in [4.78, 5) is 2.43. The Bertz CT molecular complexity index is 4360. The van der Waals surface area contributed by atoms with Crippen molar-refractivity contribution in [1.29, 1.82) is 0 Å². The molecule has 1 heterocycles. The van der Waals surface area contributed by atoms with E-state index in [4.69, 9.17) is 4.42 Å². The summed E-state index contributed by atoms with van der Waals surface area (Å²) in [6.45, 7) is 4.71. The van der Waals surface area contributed by atoms with Crippen LogP contribution in [0.2, 0.25) is 0 Å². The Labute approximate surface area is 443 Å². The van der Waals surface area contributed by atoms with Crippen LogP contribution in [0, 0.1) is 0 Å². The van der Waals surface area contributed by atoms with Crippen LogP contribution >= 0.6 is 0 Å². The lowest BCUT2D eigenvalue weighted by molar-refractivity contribution is 0.660. The van der Waals surface area contributed by atoms with Crippen molar-refractivity contribution in [2.75, 3.05) is 4.90 Å². The van der Waals surface area contributed by atoms with Crippen LogP contribution in [0.25, 0.3) is 88.3 Å². The zero-order valence-electron chi connectivity index (χ0n) is 42.3. The average molecular weight is 970 g/mol. The smallest absolute Gasteiger partial charge is 0.143 e. The molecule has 1 aromatic heterocycles. The van der Waals surface area contributed by atoms with Gasteiger partial charge in [0.25, 0.3) is 0 Å². The van der Waals surface area contributed by atoms with E-state index in [-0.39, 0.29) is 5.41 Å². The molecule has 0 aliphatic heterocycles. The Balaban J connectivity index is 0.945. The molecule has 12 aromatic carbocycles. The molecule has 2 aliphatic carbocycles. The highest BCUT2D eigenvalue weighted by Crippen LogP contribution is 2.58. The van der Waals surface area contributed by atoms with E-state index in [1.54, 1.807) is 0 Å². The molecule has 2 aliphatic rings. The van der Waals surface area contributed by atoms with Crippen LogP contribution in [0.4, 0.5) is 17.1 Å². The summed E-state index contributed by atoms with van der Waals surface area (Å²) in [5.74, 6) is 0. The van der Waals surface area contributed by atoms with Crippen LogP contribution in [0.3, 0.4) is 0 Å². The molecule has 13 aromatic rings. The Morgan fingerprint density at radius 2 is 0.882 bits per heavy atom. The van der Waals surface area contributed by atoms with Gasteiger partial charge >= 0.3 is 0 Å². The summed E-state index contributed by atoms with van der Waals surface area (Å²) in [7, 11) is 0. The van der Waals surface area contributed by atoms with Crippen molar-refractivity contribution in [2.24, 2.45) is 0 Å². The Kier molecular flexibility index (Phi) is 9.86. The maximum Gasteiger partial charge on any atom is 0.143 e. The van der Waals surface area contributed by atoms with E-state index in [0.29, 0.717) is 0 Å². The minimum Gasteiger partial charge on any atom is -0.455 e. The highest BCUT2D eigenvalue weighted by atomic mass is 16.3. The van der Waals surface area contributed by atoms with Gasteiger partial charge in [0.05, 0.1) is 16.5 Å². The number of fused-ring (bicyclic) bond motifs is 11. The van der Waals surface area contributed by atoms with E-state index in [1.165, 1.54) is 77.9 Å². The molecule has 2 heteroatoms. The van der Waals surface area contributed by atoms with Gasteiger partial charge in [-0.15, -0.1) is 0 Å². The first-order chi connectivity index (χ1) is 37.4. The molecular weight excluding hydrogens is 919 g/mol. The number of para-hydroxylation sites is 1. The number of benzene rings is 12. The van der Waals surface area contributed by atoms with Gasteiger partial charge in [-0.3, -0.25) is 0 Å². The molecule has 0 radical (unpaired) electrons. The summed E-state index contributed by atoms with van der Waals surface area (Å²) in [6.07, 6.45) is 0. The quantitative estimate of drug-likeness (QED) is 0.151. The van der Waals surface area contributed by atoms with Gasteiger partial charge in [-0.2, -0.15) is 0 Å². The lowest BCUT2D eigenvalue weighted by Crippen LogP contribution is -2.28. The van der Waals surface area contributed by atoms with E-state index in [9.17, 15) is 0 Å². The molecule has 2 nitrogen and oxygen atoms in total. The van der Waals surface area contributed by atoms with Crippen LogP contribution in [0.15, 0.2) is 277 Å². The second kappa shape index (κ2) is 17.0. The first-order valence-corrected chi connectivity index (χ1v) is 26.5. The highest BCUT2D eigenvalue weighted by molar-refractivity contribution is 6.22. The van der Waals surface area contributed by atoms with Crippen LogP contribution in [-0.2, 0) is 10.8 Å². The second-order valence-corrected chi connectivity index (χ2v) is 21.1. The van der Waals surface area contributed by atoms with E-state index in [0.717, 1.165) is 60.9 Å². The molecule has 0 unspecified atom stereocenters. The third-order valence-electron chi connectivity index (χ3n) is 16.7. The maximum absolute atomic E-state index is 7.08. The van der Waals surface area contributed by atoms with Gasteiger partial charge < -0.3 is 9.32 Å². The number of anilines is 3. The number of rotatable bonds is 8. The monoisotopic (exact) mass is 969 g/mol. The van der Waals surface area contributed by atoms with Crippen molar-refractivity contribution < 1.29 is 4.42 Å². The van der Waals surface area contributed by atoms with Crippen LogP contribution in [0.5, 0.6) is 0 Å². The molecule has 358 valence electrons. The van der Waals surface area contributed by atoms with E-state index in [1.807, 2.05) is 0 Å². The fourth-order valence-corrected chi connectivity index (χ4v) is 13.2. The topological polar surface area (TPSA) is 16.4 Å². The molecule has 0 N–H and O–H groups in total. The van der Waals surface area contributed by atoms with Crippen LogP contribution in [-0.4, -0.2) is 0 Å². The average Bonchev–Trinajstić information content (AvgIpc) is 4.28. The van der Waals surface area contributed by atoms with E-state index >= 15 is 0 Å². The molecule has 0 saturated heterocycles. The van der Waals surface area contributed by atoms with E-state index in [2.05, 4.69) is 292 Å². The molecule has 0 amide bonds. The standard InChI is InChI=1S/C74H51NO/c1-73(2)65-31-18-17-29-58(65)59-42-40-56(46-67(59)73)75(55-26-13-6-14-27-55)69-32-19-33-70-71(69)64-47-62(57-28-15-16-30-61(57)72(64)76-70)52-38-41-60-63-44-51(50-36-34-49(35-37-50)48-20-7-3-8-21-48)39-43-66(63)74(68(60)45-52,53-22-9-4-10-23-53)54-24-11-5-12-25-54/h3-47H,1-2H3. The zero-order valence-corrected chi connectivity index (χ0v) is 42.3. The van der Waals surface area contributed by atoms with Crippen molar-refractivity contribution in [1.82, 2.24) is 0 Å². The largest absolute Gasteiger partial charge is 0.455 e. The third-order valence-corrected chi connectivity index (χ3v) is 16.7. The predicted molar refractivity (Wildman–Crippen MR) is 317 cm³/mol. The summed E-state index contributed by atoms with van der Waals surface area (Å²) < 4.78 is 7.08. The number of hydrogen-bond acceptors (Lipinski definition) is 2. The molecule has 0 atom stereocenters. The maximum atomic E-state index is 7.08. The summed E-state index contributed by atoms with van der Waals surface area (Å²) in [5, 5.41) is 4.40. The van der Waals surface area contributed by atoms with E-state index < -0.39 is 5.41 Å². The Morgan fingerprint density at radius 3 is 1.62 bits per heavy atom. The minimum atomic E-state index is -0.587. The van der Waals surface area contributed by atoms with Crippen LogP contribution in [0.1, 0.15) is 47.2 Å². The normalized spacial score (nSPS) is 13.6. The van der Waals surface area contributed by atoms with Crippen molar-refractivity contribution >= 4 is 49.8 Å². The third kappa shape index (κ3) is 6.53. The van der Waals surface area contributed by atoms with Gasteiger partial charge in [-0.25, -0.2) is 0 Å². The van der Waals surface area contributed by atoms with Crippen LogP contribution < -0.4 is 4.90 Å². The van der Waals surface area contributed by atoms with Crippen molar-refractivity contribution in [3.63, 3.8) is 0 Å². The summed E-state index contributed by atoms with van der Waals surface area (Å²) >= 11 is 0. The molecular formula is C74H51NO. The Morgan fingerprint density at radius 1 is 0.316 bits per heavy atom. The SMILES string of the molecule is CC1(C)c2ccccc2-c2ccc(N(c3ccccc3)c3cccc4oc5c6ccccc6c(-c6ccc7c(c6)C(c6ccccc6)(c6ccccc6)c6ccc(-c8ccc(-c9ccccc9)cc8)cc6-7)cc5c34)cc21. The first kappa shape index (κ1) is 44.0. The number of furan rings is 1. The molecule has 76 heavy (non-hydrogen) atoms. The molecule has 0 bridgehead atoms. The van der Waals surface area contributed by atoms with Gasteiger partial charge in [0.15, 0.2) is 0 Å². The number of nitrogens with zero attached hydrogens (tertiary/aromatic N) is 1. The van der Waals surface area contributed by atoms with Gasteiger partial charge in [0.2, 0.25) is 0 Å². The molecule has 0 spiro atoms. The fourth-order valence-electron chi connectivity index (χ4n) is 13.2. The minimum absolute atomic E-state index is 0.153. The predicted octanol–water partition coefficient (Wildman–Crippen LogP) is 19.9.